The van der Waals surface area contributed by atoms with Crippen LogP contribution >= 0.6 is 11.3 Å². The number of hydrogen-bond acceptors (Lipinski definition) is 7. The molecule has 4 atom stereocenters. The molecule has 8 nitrogen and oxygen atoms in total. The summed E-state index contributed by atoms with van der Waals surface area (Å²) in [6.07, 6.45) is 8.28. The first-order valence-corrected chi connectivity index (χ1v) is 13.6. The smallest absolute Gasteiger partial charge is 0.258 e. The summed E-state index contributed by atoms with van der Waals surface area (Å²) in [5, 5.41) is 13.4. The second-order valence-electron chi connectivity index (χ2n) is 10.00. The van der Waals surface area contributed by atoms with Crippen molar-refractivity contribution in [2.45, 2.75) is 50.9 Å². The van der Waals surface area contributed by atoms with Crippen molar-refractivity contribution < 1.29 is 14.6 Å². The maximum absolute atomic E-state index is 13.8. The molecule has 6 rings (SSSR count). The Labute approximate surface area is 208 Å². The molecule has 0 spiro atoms. The zero-order valence-electron chi connectivity index (χ0n) is 19.8. The zero-order chi connectivity index (χ0) is 23.9. The summed E-state index contributed by atoms with van der Waals surface area (Å²) in [5.41, 5.74) is 2.98. The number of likely N-dealkylation sites (tertiary alicyclic amines) is 1. The van der Waals surface area contributed by atoms with Gasteiger partial charge < -0.3 is 19.3 Å². The summed E-state index contributed by atoms with van der Waals surface area (Å²) in [6, 6.07) is 3.52. The molecule has 1 N–H and O–H groups in total. The number of aromatic nitrogens is 2. The topological polar surface area (TPSA) is 87.9 Å². The molecule has 0 radical (unpaired) electrons. The van der Waals surface area contributed by atoms with Gasteiger partial charge in [0, 0.05) is 60.9 Å². The highest BCUT2D eigenvalue weighted by Gasteiger charge is 2.56. The van der Waals surface area contributed by atoms with Gasteiger partial charge in [-0.3, -0.25) is 14.5 Å². The lowest BCUT2D eigenvalue weighted by atomic mass is 9.88. The fraction of sp³-hybridized carbons (Fsp3) is 0.577. The number of hydrogen-bond donors (Lipinski definition) is 1. The predicted molar refractivity (Wildman–Crippen MR) is 133 cm³/mol. The molecule has 9 heteroatoms. The molecule has 4 aliphatic rings. The molecule has 1 aliphatic carbocycles. The van der Waals surface area contributed by atoms with Gasteiger partial charge in [0.25, 0.3) is 5.56 Å². The van der Waals surface area contributed by atoms with Crippen molar-refractivity contribution >= 4 is 22.8 Å². The number of nitrogens with zero attached hydrogens (tertiary/aromatic N) is 4. The lowest BCUT2D eigenvalue weighted by Crippen LogP contribution is -2.52. The number of aliphatic hydroxyl groups excluding tert-OH is 1. The zero-order valence-corrected chi connectivity index (χ0v) is 20.7. The number of aliphatic hydroxyl groups is 1. The van der Waals surface area contributed by atoms with Crippen molar-refractivity contribution in [2.75, 3.05) is 32.9 Å². The van der Waals surface area contributed by atoms with E-state index in [9.17, 15) is 14.7 Å². The molecule has 0 unspecified atom stereocenters. The third-order valence-corrected chi connectivity index (χ3v) is 8.97. The van der Waals surface area contributed by atoms with Crippen molar-refractivity contribution in [1.82, 2.24) is 19.4 Å². The number of carbonyl (C=O) groups excluding carboxylic acids is 1. The van der Waals surface area contributed by atoms with Crippen molar-refractivity contribution in [3.05, 3.63) is 56.4 Å². The van der Waals surface area contributed by atoms with Crippen LogP contribution in [0.25, 0.3) is 5.57 Å². The maximum Gasteiger partial charge on any atom is 0.258 e. The molecule has 5 heterocycles. The minimum Gasteiger partial charge on any atom is -0.396 e. The molecule has 0 aromatic carbocycles. The summed E-state index contributed by atoms with van der Waals surface area (Å²) in [7, 11) is 0. The number of morpholine rings is 1. The quantitative estimate of drug-likeness (QED) is 0.684. The van der Waals surface area contributed by atoms with Crippen LogP contribution in [0.4, 0.5) is 0 Å². The van der Waals surface area contributed by atoms with Gasteiger partial charge in [-0.15, -0.1) is 11.3 Å². The molecule has 1 amide bonds. The Kier molecular flexibility index (Phi) is 6.34. The summed E-state index contributed by atoms with van der Waals surface area (Å²) < 4.78 is 7.38. The SMILES string of the molecule is O=C([C@@H]1[C@@H](CO)[C@@H]2Cn3c(ccc(C4=CCCCC4)c3=O)[C@@H]2N1Cc1nccs1)N1CCOCC1. The number of thiazole rings is 1. The minimum absolute atomic E-state index is 0.00163. The molecule has 2 saturated heterocycles. The monoisotopic (exact) mass is 496 g/mol. The van der Waals surface area contributed by atoms with Gasteiger partial charge >= 0.3 is 0 Å². The summed E-state index contributed by atoms with van der Waals surface area (Å²) in [4.78, 5) is 36.0. The molecule has 2 fully saturated rings. The Bertz CT molecular complexity index is 1170. The summed E-state index contributed by atoms with van der Waals surface area (Å²) >= 11 is 1.57. The molecule has 0 saturated carbocycles. The van der Waals surface area contributed by atoms with Gasteiger partial charge in [-0.1, -0.05) is 6.08 Å². The average molecular weight is 497 g/mol. The Morgan fingerprint density at radius 2 is 2.09 bits per heavy atom. The maximum atomic E-state index is 13.8. The highest BCUT2D eigenvalue weighted by molar-refractivity contribution is 7.09. The van der Waals surface area contributed by atoms with E-state index in [0.717, 1.165) is 41.1 Å². The standard InChI is InChI=1S/C26H32N4O4S/c31-16-20-19-14-29-21(7-6-18(25(29)32)17-4-2-1-3-5-17)23(19)30(15-22-27-8-13-35-22)24(20)26(33)28-9-11-34-12-10-28/h4,6-8,13,19-20,23-24,31H,1-3,5,9-12,14-16H2/t19-,20-,23+,24-/m0/s1. The summed E-state index contributed by atoms with van der Waals surface area (Å²) in [6.45, 7) is 3.20. The van der Waals surface area contributed by atoms with E-state index < -0.39 is 6.04 Å². The normalized spacial score (nSPS) is 28.6. The van der Waals surface area contributed by atoms with Crippen molar-refractivity contribution in [1.29, 1.82) is 0 Å². The van der Waals surface area contributed by atoms with Crippen molar-refractivity contribution in [2.24, 2.45) is 11.8 Å². The molecule has 35 heavy (non-hydrogen) atoms. The first-order valence-electron chi connectivity index (χ1n) is 12.7. The Hall–Kier alpha value is -2.33. The fourth-order valence-corrected chi connectivity index (χ4v) is 7.17. The van der Waals surface area contributed by atoms with Gasteiger partial charge in [-0.05, 0) is 43.4 Å². The van der Waals surface area contributed by atoms with Gasteiger partial charge in [0.15, 0.2) is 0 Å². The Morgan fingerprint density at radius 3 is 2.80 bits per heavy atom. The lowest BCUT2D eigenvalue weighted by molar-refractivity contribution is -0.142. The second-order valence-corrected chi connectivity index (χ2v) is 11.0. The number of amides is 1. The number of allylic oxidation sites excluding steroid dienone is 2. The van der Waals surface area contributed by atoms with Crippen LogP contribution in [-0.4, -0.2) is 69.3 Å². The molecule has 3 aliphatic heterocycles. The van der Waals surface area contributed by atoms with Gasteiger partial charge in [0.05, 0.1) is 31.8 Å². The first-order chi connectivity index (χ1) is 17.2. The summed E-state index contributed by atoms with van der Waals surface area (Å²) in [5.74, 6) is -0.193. The molecule has 0 bridgehead atoms. The lowest BCUT2D eigenvalue weighted by Gasteiger charge is -2.35. The van der Waals surface area contributed by atoms with E-state index in [1.807, 2.05) is 20.9 Å². The van der Waals surface area contributed by atoms with E-state index in [-0.39, 0.29) is 36.0 Å². The third-order valence-electron chi connectivity index (χ3n) is 8.20. The number of carbonyl (C=O) groups is 1. The van der Waals surface area contributed by atoms with Crippen molar-refractivity contribution in [3.8, 4) is 0 Å². The van der Waals surface area contributed by atoms with E-state index in [0.29, 0.717) is 39.4 Å². The van der Waals surface area contributed by atoms with Crippen LogP contribution in [0.2, 0.25) is 0 Å². The number of pyridine rings is 1. The van der Waals surface area contributed by atoms with E-state index in [1.54, 1.807) is 17.5 Å². The van der Waals surface area contributed by atoms with Gasteiger partial charge in [-0.2, -0.15) is 0 Å². The van der Waals surface area contributed by atoms with Crippen LogP contribution in [-0.2, 0) is 22.6 Å². The molecule has 186 valence electrons. The van der Waals surface area contributed by atoms with E-state index in [2.05, 4.69) is 22.0 Å². The molecular weight excluding hydrogens is 464 g/mol. The predicted octanol–water partition coefficient (Wildman–Crippen LogP) is 2.28. The first kappa shape index (κ1) is 23.1. The van der Waals surface area contributed by atoms with E-state index >= 15 is 0 Å². The number of ether oxygens (including phenoxy) is 1. The largest absolute Gasteiger partial charge is 0.396 e. The van der Waals surface area contributed by atoms with Crippen LogP contribution < -0.4 is 5.56 Å². The fourth-order valence-electron chi connectivity index (χ4n) is 6.55. The van der Waals surface area contributed by atoms with Crippen LogP contribution in [0.15, 0.2) is 34.6 Å². The second kappa shape index (κ2) is 9.61. The highest BCUT2D eigenvalue weighted by atomic mass is 32.1. The average Bonchev–Trinajstić information content (AvgIpc) is 3.61. The van der Waals surface area contributed by atoms with E-state index in [1.165, 1.54) is 6.42 Å². The van der Waals surface area contributed by atoms with Gasteiger partial charge in [0.2, 0.25) is 5.91 Å². The third kappa shape index (κ3) is 3.98. The van der Waals surface area contributed by atoms with Crippen LogP contribution in [0.5, 0.6) is 0 Å². The minimum atomic E-state index is -0.443. The van der Waals surface area contributed by atoms with Crippen LogP contribution in [0, 0.1) is 11.8 Å². The van der Waals surface area contributed by atoms with Gasteiger partial charge in [-0.25, -0.2) is 4.98 Å². The molecular formula is C26H32N4O4S. The molecule has 2 aromatic rings. The van der Waals surface area contributed by atoms with E-state index in [4.69, 9.17) is 4.74 Å². The highest BCUT2D eigenvalue weighted by Crippen LogP contribution is 2.50. The number of fused-ring (bicyclic) bond motifs is 3. The van der Waals surface area contributed by atoms with Crippen LogP contribution in [0.3, 0.4) is 0 Å². The molecule has 2 aromatic heterocycles. The van der Waals surface area contributed by atoms with Crippen LogP contribution in [0.1, 0.15) is 48.0 Å². The number of rotatable bonds is 5. The van der Waals surface area contributed by atoms with Crippen molar-refractivity contribution in [3.63, 3.8) is 0 Å². The van der Waals surface area contributed by atoms with Gasteiger partial charge in [0.1, 0.15) is 5.01 Å². The Balaban J connectivity index is 1.39. The Morgan fingerprint density at radius 1 is 1.23 bits per heavy atom.